The Labute approximate surface area is 235 Å². The highest BCUT2D eigenvalue weighted by atomic mass is 15.4. The van der Waals surface area contributed by atoms with Crippen molar-refractivity contribution in [3.63, 3.8) is 0 Å². The van der Waals surface area contributed by atoms with Gasteiger partial charge in [0.05, 0.1) is 52.4 Å². The fraction of sp³-hybridized carbons (Fsp3) is 1.00. The summed E-state index contributed by atoms with van der Waals surface area (Å²) in [6.45, 7) is 16.6. The predicted molar refractivity (Wildman–Crippen MR) is 166 cm³/mol. The van der Waals surface area contributed by atoms with Gasteiger partial charge < -0.3 is 8.97 Å². The first-order chi connectivity index (χ1) is 18.2. The van der Waals surface area contributed by atoms with E-state index in [1.807, 2.05) is 0 Å². The molecule has 0 radical (unpaired) electrons. The Bertz CT molecular complexity index is 445. The summed E-state index contributed by atoms with van der Waals surface area (Å²) in [5.41, 5.74) is 0. The van der Waals surface area contributed by atoms with Gasteiger partial charge in [-0.25, -0.2) is 0 Å². The Morgan fingerprint density at radius 3 is 0.838 bits per heavy atom. The van der Waals surface area contributed by atoms with E-state index >= 15 is 0 Å². The molecule has 0 amide bonds. The fourth-order valence-corrected chi connectivity index (χ4v) is 7.74. The largest absolute Gasteiger partial charge is 0.323 e. The minimum Gasteiger partial charge on any atom is -0.323 e. The van der Waals surface area contributed by atoms with Crippen molar-refractivity contribution >= 4 is 0 Å². The molecule has 0 spiro atoms. The molecule has 2 heteroatoms. The average Bonchev–Trinajstić information content (AvgIpc) is 3.57. The molecule has 0 atom stereocenters. The highest BCUT2D eigenvalue weighted by Gasteiger charge is 2.35. The molecule has 2 fully saturated rings. The topological polar surface area (TPSA) is 0 Å². The van der Waals surface area contributed by atoms with Crippen molar-refractivity contribution in [1.82, 2.24) is 0 Å². The second kappa shape index (κ2) is 21.7. The molecule has 0 aromatic carbocycles. The zero-order valence-electron chi connectivity index (χ0n) is 26.2. The number of likely N-dealkylation sites (tertiary alicyclic amines) is 2. The van der Waals surface area contributed by atoms with Crippen LogP contribution in [0.2, 0.25) is 0 Å². The standard InChI is InChI=1S/C35H72N2/c1-3-5-7-9-11-13-15-17-19-21-28-36(30-23-24-31-36)34-27-35-37(32-25-26-33-37)29-22-20-18-16-14-12-10-8-6-4-2/h3-35H2,1-2H3/q+2. The molecule has 0 aromatic heterocycles. The van der Waals surface area contributed by atoms with E-state index in [-0.39, 0.29) is 0 Å². The lowest BCUT2D eigenvalue weighted by Gasteiger charge is -2.38. The number of rotatable bonds is 26. The zero-order valence-corrected chi connectivity index (χ0v) is 26.2. The molecule has 2 saturated heterocycles. The number of unbranched alkanes of at least 4 members (excludes halogenated alkanes) is 18. The number of quaternary nitrogens is 2. The lowest BCUT2D eigenvalue weighted by Crippen LogP contribution is -2.51. The predicted octanol–water partition coefficient (Wildman–Crippen LogP) is 10.4. The molecule has 2 rings (SSSR count). The quantitative estimate of drug-likeness (QED) is 0.0785. The van der Waals surface area contributed by atoms with Gasteiger partial charge in [0.25, 0.3) is 0 Å². The van der Waals surface area contributed by atoms with Crippen molar-refractivity contribution in [1.29, 1.82) is 0 Å². The lowest BCUT2D eigenvalue weighted by molar-refractivity contribution is -0.935. The maximum Gasteiger partial charge on any atom is 0.0841 e. The summed E-state index contributed by atoms with van der Waals surface area (Å²) in [4.78, 5) is 0. The molecule has 0 bridgehead atoms. The number of hydrogen-bond acceptors (Lipinski definition) is 0. The van der Waals surface area contributed by atoms with Crippen molar-refractivity contribution in [2.45, 2.75) is 174 Å². The van der Waals surface area contributed by atoms with Crippen molar-refractivity contribution in [2.24, 2.45) is 0 Å². The van der Waals surface area contributed by atoms with E-state index in [4.69, 9.17) is 0 Å². The van der Waals surface area contributed by atoms with E-state index in [1.165, 1.54) is 222 Å². The average molecular weight is 521 g/mol. The van der Waals surface area contributed by atoms with Crippen molar-refractivity contribution < 1.29 is 8.97 Å². The van der Waals surface area contributed by atoms with Gasteiger partial charge in [0.15, 0.2) is 0 Å². The smallest absolute Gasteiger partial charge is 0.0841 e. The molecular weight excluding hydrogens is 448 g/mol. The number of hydrogen-bond donors (Lipinski definition) is 0. The van der Waals surface area contributed by atoms with Crippen LogP contribution in [0.5, 0.6) is 0 Å². The van der Waals surface area contributed by atoms with Crippen LogP contribution in [0.1, 0.15) is 174 Å². The van der Waals surface area contributed by atoms with Gasteiger partial charge in [0, 0.05) is 32.1 Å². The van der Waals surface area contributed by atoms with E-state index < -0.39 is 0 Å². The van der Waals surface area contributed by atoms with Gasteiger partial charge in [0.2, 0.25) is 0 Å². The molecule has 0 N–H and O–H groups in total. The third-order valence-electron chi connectivity index (χ3n) is 10.3. The van der Waals surface area contributed by atoms with Gasteiger partial charge in [-0.1, -0.05) is 117 Å². The van der Waals surface area contributed by atoms with Crippen LogP contribution in [0.4, 0.5) is 0 Å². The normalized spacial score (nSPS) is 18.6. The van der Waals surface area contributed by atoms with Crippen LogP contribution >= 0.6 is 0 Å². The van der Waals surface area contributed by atoms with Gasteiger partial charge in [0.1, 0.15) is 0 Å². The first kappa shape index (κ1) is 33.1. The summed E-state index contributed by atoms with van der Waals surface area (Å²) in [7, 11) is 0. The Kier molecular flexibility index (Phi) is 19.4. The highest BCUT2D eigenvalue weighted by molar-refractivity contribution is 4.60. The molecule has 2 nitrogen and oxygen atoms in total. The van der Waals surface area contributed by atoms with E-state index in [9.17, 15) is 0 Å². The van der Waals surface area contributed by atoms with E-state index in [1.54, 1.807) is 0 Å². The van der Waals surface area contributed by atoms with Gasteiger partial charge in [-0.15, -0.1) is 0 Å². The molecule has 2 aliphatic heterocycles. The van der Waals surface area contributed by atoms with E-state index in [0.717, 1.165) is 0 Å². The third kappa shape index (κ3) is 15.3. The lowest BCUT2D eigenvalue weighted by atomic mass is 10.1. The Balaban J connectivity index is 1.55. The van der Waals surface area contributed by atoms with Crippen molar-refractivity contribution in [2.75, 3.05) is 52.4 Å². The van der Waals surface area contributed by atoms with E-state index in [0.29, 0.717) is 0 Å². The molecule has 220 valence electrons. The van der Waals surface area contributed by atoms with Crippen LogP contribution in [0.15, 0.2) is 0 Å². The highest BCUT2D eigenvalue weighted by Crippen LogP contribution is 2.26. The minimum atomic E-state index is 1.37. The molecule has 2 aliphatic rings. The maximum atomic E-state index is 2.32. The van der Waals surface area contributed by atoms with Gasteiger partial charge >= 0.3 is 0 Å². The van der Waals surface area contributed by atoms with Crippen molar-refractivity contribution in [3.05, 3.63) is 0 Å². The zero-order chi connectivity index (χ0) is 26.3. The monoisotopic (exact) mass is 521 g/mol. The maximum absolute atomic E-state index is 2.32. The SMILES string of the molecule is CCCCCCCCCCCC[N+]1(CCC[N+]2(CCCCCCCCCCCC)CCCC2)CCCC1. The Morgan fingerprint density at radius 1 is 0.297 bits per heavy atom. The first-order valence-corrected chi connectivity index (χ1v) is 17.9. The molecule has 37 heavy (non-hydrogen) atoms. The summed E-state index contributed by atoms with van der Waals surface area (Å²) in [6.07, 6.45) is 36.9. The summed E-state index contributed by atoms with van der Waals surface area (Å²) in [5, 5.41) is 0. The molecule has 2 heterocycles. The van der Waals surface area contributed by atoms with Crippen molar-refractivity contribution in [3.8, 4) is 0 Å². The molecule has 0 saturated carbocycles. The first-order valence-electron chi connectivity index (χ1n) is 17.9. The second-order valence-electron chi connectivity index (χ2n) is 13.6. The van der Waals surface area contributed by atoms with Crippen LogP contribution in [-0.2, 0) is 0 Å². The van der Waals surface area contributed by atoms with Crippen LogP contribution in [0.25, 0.3) is 0 Å². The summed E-state index contributed by atoms with van der Waals surface area (Å²) < 4.78 is 2.99. The van der Waals surface area contributed by atoms with Gasteiger partial charge in [-0.2, -0.15) is 0 Å². The van der Waals surface area contributed by atoms with Gasteiger partial charge in [-0.05, 0) is 25.7 Å². The van der Waals surface area contributed by atoms with Gasteiger partial charge in [-0.3, -0.25) is 0 Å². The minimum absolute atomic E-state index is 1.37. The summed E-state index contributed by atoms with van der Waals surface area (Å²) in [6, 6.07) is 0. The molecule has 0 aromatic rings. The molecular formula is C35H72N2+2. The Hall–Kier alpha value is -0.0800. The number of nitrogens with zero attached hydrogens (tertiary/aromatic N) is 2. The summed E-state index contributed by atoms with van der Waals surface area (Å²) in [5.74, 6) is 0. The van der Waals surface area contributed by atoms with Crippen LogP contribution < -0.4 is 0 Å². The second-order valence-corrected chi connectivity index (χ2v) is 13.6. The Morgan fingerprint density at radius 2 is 0.541 bits per heavy atom. The van der Waals surface area contributed by atoms with Crippen LogP contribution in [0.3, 0.4) is 0 Å². The fourth-order valence-electron chi connectivity index (χ4n) is 7.74. The van der Waals surface area contributed by atoms with E-state index in [2.05, 4.69) is 13.8 Å². The van der Waals surface area contributed by atoms with Crippen LogP contribution in [0, 0.1) is 0 Å². The molecule has 0 unspecified atom stereocenters. The third-order valence-corrected chi connectivity index (χ3v) is 10.3. The summed E-state index contributed by atoms with van der Waals surface area (Å²) >= 11 is 0. The molecule has 0 aliphatic carbocycles. The van der Waals surface area contributed by atoms with Crippen LogP contribution in [-0.4, -0.2) is 61.3 Å².